The first-order chi connectivity index (χ1) is 13.5. The van der Waals surface area contributed by atoms with Crippen LogP contribution in [0.15, 0.2) is 82.4 Å². The van der Waals surface area contributed by atoms with Crippen molar-refractivity contribution in [2.45, 2.75) is 4.90 Å². The summed E-state index contributed by atoms with van der Waals surface area (Å²) in [6.45, 7) is 0. The molecule has 0 saturated carbocycles. The highest BCUT2D eigenvalue weighted by Crippen LogP contribution is 2.32. The number of aromatic nitrogens is 3. The Labute approximate surface area is 165 Å². The SMILES string of the molecule is O=S(=O)(Oc1cccnc1)c1ccc(Cl)c(-c2nnc(-c3ccccc3)o2)c1. The zero-order chi connectivity index (χ0) is 19.6. The highest BCUT2D eigenvalue weighted by atomic mass is 35.5. The second-order valence-corrected chi connectivity index (χ2v) is 7.60. The second-order valence-electron chi connectivity index (χ2n) is 5.65. The zero-order valence-electron chi connectivity index (χ0n) is 14.2. The minimum atomic E-state index is -4.09. The molecule has 0 unspecified atom stereocenters. The van der Waals surface area contributed by atoms with E-state index in [2.05, 4.69) is 15.2 Å². The molecule has 0 bridgehead atoms. The maximum Gasteiger partial charge on any atom is 0.339 e. The quantitative estimate of drug-likeness (QED) is 0.452. The Morgan fingerprint density at radius 2 is 1.71 bits per heavy atom. The van der Waals surface area contributed by atoms with Crippen LogP contribution in [0.4, 0.5) is 0 Å². The van der Waals surface area contributed by atoms with E-state index in [0.717, 1.165) is 5.56 Å². The van der Waals surface area contributed by atoms with Gasteiger partial charge in [-0.25, -0.2) is 0 Å². The van der Waals surface area contributed by atoms with Gasteiger partial charge in [-0.15, -0.1) is 10.2 Å². The molecule has 7 nitrogen and oxygen atoms in total. The lowest BCUT2D eigenvalue weighted by molar-refractivity contribution is 0.485. The Morgan fingerprint density at radius 1 is 0.929 bits per heavy atom. The number of pyridine rings is 1. The van der Waals surface area contributed by atoms with Crippen LogP contribution in [0.1, 0.15) is 0 Å². The maximum atomic E-state index is 12.6. The van der Waals surface area contributed by atoms with Gasteiger partial charge in [0.2, 0.25) is 11.8 Å². The topological polar surface area (TPSA) is 95.2 Å². The van der Waals surface area contributed by atoms with Crippen molar-refractivity contribution in [2.24, 2.45) is 0 Å². The van der Waals surface area contributed by atoms with E-state index in [-0.39, 0.29) is 27.1 Å². The third kappa shape index (κ3) is 3.73. The number of halogens is 1. The van der Waals surface area contributed by atoms with Crippen molar-refractivity contribution in [1.29, 1.82) is 0 Å². The molecule has 0 aliphatic rings. The lowest BCUT2D eigenvalue weighted by Gasteiger charge is -2.08. The van der Waals surface area contributed by atoms with Gasteiger partial charge in [0, 0.05) is 11.8 Å². The summed E-state index contributed by atoms with van der Waals surface area (Å²) >= 11 is 6.22. The summed E-state index contributed by atoms with van der Waals surface area (Å²) < 4.78 is 35.9. The fraction of sp³-hybridized carbons (Fsp3) is 0. The van der Waals surface area contributed by atoms with Gasteiger partial charge in [0.1, 0.15) is 4.90 Å². The normalized spacial score (nSPS) is 11.3. The summed E-state index contributed by atoms with van der Waals surface area (Å²) in [6, 6.07) is 16.4. The van der Waals surface area contributed by atoms with Crippen LogP contribution >= 0.6 is 11.6 Å². The fourth-order valence-corrected chi connectivity index (χ4v) is 3.57. The average Bonchev–Trinajstić information content (AvgIpc) is 3.19. The van der Waals surface area contributed by atoms with Crippen LogP contribution in [0.3, 0.4) is 0 Å². The van der Waals surface area contributed by atoms with E-state index in [1.807, 2.05) is 30.3 Å². The lowest BCUT2D eigenvalue weighted by Crippen LogP contribution is -2.10. The molecule has 0 amide bonds. The molecule has 0 aliphatic carbocycles. The predicted molar refractivity (Wildman–Crippen MR) is 102 cm³/mol. The molecule has 4 aromatic rings. The third-order valence-electron chi connectivity index (χ3n) is 3.74. The molecule has 0 fully saturated rings. The van der Waals surface area contributed by atoms with Crippen molar-refractivity contribution in [3.05, 3.63) is 78.1 Å². The smallest absolute Gasteiger partial charge is 0.339 e. The summed E-state index contributed by atoms with van der Waals surface area (Å²) in [5, 5.41) is 8.25. The first-order valence-corrected chi connectivity index (χ1v) is 9.85. The van der Waals surface area contributed by atoms with Crippen molar-refractivity contribution < 1.29 is 17.0 Å². The van der Waals surface area contributed by atoms with Crippen LogP contribution in [-0.4, -0.2) is 23.6 Å². The van der Waals surface area contributed by atoms with Gasteiger partial charge in [0.25, 0.3) is 0 Å². The third-order valence-corrected chi connectivity index (χ3v) is 5.32. The van der Waals surface area contributed by atoms with Crippen LogP contribution in [0.25, 0.3) is 22.9 Å². The van der Waals surface area contributed by atoms with E-state index >= 15 is 0 Å². The summed E-state index contributed by atoms with van der Waals surface area (Å²) in [7, 11) is -4.09. The van der Waals surface area contributed by atoms with Crippen molar-refractivity contribution in [3.63, 3.8) is 0 Å². The Hall–Kier alpha value is -3.23. The van der Waals surface area contributed by atoms with Gasteiger partial charge in [-0.1, -0.05) is 29.8 Å². The molecule has 0 aliphatic heterocycles. The largest absolute Gasteiger partial charge is 0.416 e. The van der Waals surface area contributed by atoms with Crippen molar-refractivity contribution >= 4 is 21.7 Å². The molecule has 28 heavy (non-hydrogen) atoms. The Kier molecular flexibility index (Phi) is 4.81. The van der Waals surface area contributed by atoms with Gasteiger partial charge < -0.3 is 8.60 Å². The summed E-state index contributed by atoms with van der Waals surface area (Å²) in [5.74, 6) is 0.497. The minimum Gasteiger partial charge on any atom is -0.416 e. The summed E-state index contributed by atoms with van der Waals surface area (Å²) in [4.78, 5) is 3.73. The Bertz CT molecular complexity index is 1210. The van der Waals surface area contributed by atoms with Crippen LogP contribution in [0.5, 0.6) is 5.75 Å². The molecule has 0 saturated heterocycles. The van der Waals surface area contributed by atoms with E-state index in [1.165, 1.54) is 36.7 Å². The van der Waals surface area contributed by atoms with E-state index in [4.69, 9.17) is 20.2 Å². The van der Waals surface area contributed by atoms with Crippen molar-refractivity contribution in [2.75, 3.05) is 0 Å². The van der Waals surface area contributed by atoms with E-state index < -0.39 is 10.1 Å². The van der Waals surface area contributed by atoms with E-state index in [1.54, 1.807) is 6.07 Å². The van der Waals surface area contributed by atoms with Gasteiger partial charge in [0.05, 0.1) is 16.8 Å². The molecule has 0 N–H and O–H groups in total. The first-order valence-electron chi connectivity index (χ1n) is 8.06. The van der Waals surface area contributed by atoms with E-state index in [0.29, 0.717) is 5.89 Å². The summed E-state index contributed by atoms with van der Waals surface area (Å²) in [6.07, 6.45) is 2.82. The number of nitrogens with zero attached hydrogens (tertiary/aromatic N) is 3. The van der Waals surface area contributed by atoms with Crippen molar-refractivity contribution in [1.82, 2.24) is 15.2 Å². The van der Waals surface area contributed by atoms with Crippen molar-refractivity contribution in [3.8, 4) is 28.7 Å². The molecule has 2 aromatic heterocycles. The monoisotopic (exact) mass is 413 g/mol. The van der Waals surface area contributed by atoms with Crippen LogP contribution in [-0.2, 0) is 10.1 Å². The number of hydrogen-bond donors (Lipinski definition) is 0. The Morgan fingerprint density at radius 3 is 2.46 bits per heavy atom. The molecule has 0 spiro atoms. The van der Waals surface area contributed by atoms with E-state index in [9.17, 15) is 8.42 Å². The molecule has 4 rings (SSSR count). The van der Waals surface area contributed by atoms with Crippen LogP contribution in [0, 0.1) is 0 Å². The van der Waals surface area contributed by atoms with Crippen LogP contribution in [0.2, 0.25) is 5.02 Å². The van der Waals surface area contributed by atoms with Gasteiger partial charge >= 0.3 is 10.1 Å². The fourth-order valence-electron chi connectivity index (χ4n) is 2.42. The number of hydrogen-bond acceptors (Lipinski definition) is 7. The molecule has 9 heteroatoms. The average molecular weight is 414 g/mol. The van der Waals surface area contributed by atoms with Gasteiger partial charge in [-0.05, 0) is 42.5 Å². The second kappa shape index (κ2) is 7.41. The summed E-state index contributed by atoms with van der Waals surface area (Å²) in [5.41, 5.74) is 1.02. The lowest BCUT2D eigenvalue weighted by atomic mass is 10.2. The highest BCUT2D eigenvalue weighted by molar-refractivity contribution is 7.87. The molecule has 2 aromatic carbocycles. The predicted octanol–water partition coefficient (Wildman–Crippen LogP) is 4.22. The minimum absolute atomic E-state index is 0.0993. The molecular weight excluding hydrogens is 402 g/mol. The van der Waals surface area contributed by atoms with Gasteiger partial charge in [0.15, 0.2) is 5.75 Å². The molecular formula is C19H12ClN3O4S. The first kappa shape index (κ1) is 18.1. The van der Waals surface area contributed by atoms with Crippen LogP contribution < -0.4 is 4.18 Å². The molecule has 0 atom stereocenters. The zero-order valence-corrected chi connectivity index (χ0v) is 15.8. The maximum absolute atomic E-state index is 12.6. The Balaban J connectivity index is 1.69. The molecule has 2 heterocycles. The van der Waals surface area contributed by atoms with Gasteiger partial charge in [-0.2, -0.15) is 8.42 Å². The number of benzene rings is 2. The van der Waals surface area contributed by atoms with Gasteiger partial charge in [-0.3, -0.25) is 4.98 Å². The highest BCUT2D eigenvalue weighted by Gasteiger charge is 2.21. The molecule has 0 radical (unpaired) electrons. The molecule has 140 valence electrons. The number of rotatable bonds is 5. The standard InChI is InChI=1S/C19H12ClN3O4S/c20-17-9-8-15(28(24,25)27-14-7-4-10-21-12-14)11-16(17)19-23-22-18(26-19)13-5-2-1-3-6-13/h1-12H.